The minimum Gasteiger partial charge on any atom is -0.374 e. The van der Waals surface area contributed by atoms with Crippen LogP contribution in [0.1, 0.15) is 58.3 Å². The van der Waals surface area contributed by atoms with Crippen molar-refractivity contribution in [3.8, 4) is 0 Å². The maximum absolute atomic E-state index is 12.5. The molecule has 0 bridgehead atoms. The lowest BCUT2D eigenvalue weighted by molar-refractivity contribution is 0.0920. The summed E-state index contributed by atoms with van der Waals surface area (Å²) in [7, 11) is 0. The predicted molar refractivity (Wildman–Crippen MR) is 87.8 cm³/mol. The van der Waals surface area contributed by atoms with Crippen LogP contribution < -0.4 is 5.32 Å². The van der Waals surface area contributed by atoms with E-state index in [1.54, 1.807) is 0 Å². The number of aryl methyl sites for hydroxylation is 1. The van der Waals surface area contributed by atoms with Crippen molar-refractivity contribution in [2.45, 2.75) is 45.6 Å². The molecule has 2 N–H and O–H groups in total. The van der Waals surface area contributed by atoms with Gasteiger partial charge >= 0.3 is 0 Å². The number of hydrogen-bond acceptors (Lipinski definition) is 3. The standard InChI is InChI=1S/C18H24N2O3/c1-10(2)17-12(7-8-23-17)9-19-18(22)16-11(3)15-13(20-16)5-4-6-14(15)21/h12,17,20H,1,4-9H2,2-3H3,(H,19,22)/t12-,17-/m0/s1. The molecule has 5 nitrogen and oxygen atoms in total. The fourth-order valence-electron chi connectivity index (χ4n) is 3.70. The van der Waals surface area contributed by atoms with Crippen molar-refractivity contribution in [2.24, 2.45) is 5.92 Å². The molecule has 1 aromatic heterocycles. The van der Waals surface area contributed by atoms with Gasteiger partial charge in [0.15, 0.2) is 5.78 Å². The molecule has 124 valence electrons. The second-order valence-electron chi connectivity index (χ2n) is 6.65. The maximum atomic E-state index is 12.5. The number of ketones is 1. The highest BCUT2D eigenvalue weighted by Crippen LogP contribution is 2.27. The minimum atomic E-state index is -0.142. The molecule has 1 aromatic rings. The highest BCUT2D eigenvalue weighted by Gasteiger charge is 2.30. The van der Waals surface area contributed by atoms with E-state index in [1.807, 2.05) is 13.8 Å². The van der Waals surface area contributed by atoms with E-state index in [0.717, 1.165) is 41.7 Å². The Kier molecular flexibility index (Phi) is 4.39. The number of rotatable bonds is 4. The largest absolute Gasteiger partial charge is 0.374 e. The first kappa shape index (κ1) is 16.0. The number of ether oxygens (including phenoxy) is 1. The molecule has 1 fully saturated rings. The highest BCUT2D eigenvalue weighted by atomic mass is 16.5. The van der Waals surface area contributed by atoms with Crippen molar-refractivity contribution in [3.63, 3.8) is 0 Å². The molecule has 0 unspecified atom stereocenters. The average Bonchev–Trinajstić information content (AvgIpc) is 3.10. The Morgan fingerprint density at radius 1 is 1.43 bits per heavy atom. The van der Waals surface area contributed by atoms with Gasteiger partial charge in [-0.3, -0.25) is 9.59 Å². The number of aromatic amines is 1. The number of hydrogen-bond donors (Lipinski definition) is 2. The van der Waals surface area contributed by atoms with Gasteiger partial charge in [-0.05, 0) is 38.7 Å². The Balaban J connectivity index is 1.70. The fourth-order valence-corrected chi connectivity index (χ4v) is 3.70. The Labute approximate surface area is 136 Å². The van der Waals surface area contributed by atoms with E-state index in [-0.39, 0.29) is 23.7 Å². The molecule has 0 radical (unpaired) electrons. The van der Waals surface area contributed by atoms with Gasteiger partial charge in [-0.15, -0.1) is 0 Å². The molecule has 1 saturated heterocycles. The molecule has 5 heteroatoms. The summed E-state index contributed by atoms with van der Waals surface area (Å²) in [4.78, 5) is 27.7. The number of carbonyl (C=O) groups is 2. The van der Waals surface area contributed by atoms with Crippen LogP contribution in [0, 0.1) is 12.8 Å². The molecular formula is C18H24N2O3. The SMILES string of the molecule is C=C(C)[C@@H]1OCC[C@H]1CNC(=O)c1[nH]c2c(c1C)C(=O)CCC2. The third-order valence-corrected chi connectivity index (χ3v) is 4.89. The minimum absolute atomic E-state index is 0.0230. The lowest BCUT2D eigenvalue weighted by Crippen LogP contribution is -2.33. The van der Waals surface area contributed by atoms with Crippen LogP contribution in [0.25, 0.3) is 0 Å². The van der Waals surface area contributed by atoms with Crippen molar-refractivity contribution >= 4 is 11.7 Å². The number of H-pyrrole nitrogens is 1. The number of aromatic nitrogens is 1. The number of fused-ring (bicyclic) bond motifs is 1. The summed E-state index contributed by atoms with van der Waals surface area (Å²) < 4.78 is 5.67. The van der Waals surface area contributed by atoms with Crippen LogP contribution in [0.4, 0.5) is 0 Å². The number of nitrogens with one attached hydrogen (secondary N) is 2. The van der Waals surface area contributed by atoms with Crippen LogP contribution in [-0.4, -0.2) is 35.9 Å². The Hall–Kier alpha value is -1.88. The highest BCUT2D eigenvalue weighted by molar-refractivity contribution is 6.04. The van der Waals surface area contributed by atoms with Crippen LogP contribution in [-0.2, 0) is 11.2 Å². The summed E-state index contributed by atoms with van der Waals surface area (Å²) in [5.74, 6) is 0.269. The third-order valence-electron chi connectivity index (χ3n) is 4.89. The van der Waals surface area contributed by atoms with Crippen molar-refractivity contribution in [1.29, 1.82) is 0 Å². The zero-order valence-corrected chi connectivity index (χ0v) is 13.8. The van der Waals surface area contributed by atoms with Crippen LogP contribution >= 0.6 is 0 Å². The second kappa shape index (κ2) is 6.32. The summed E-state index contributed by atoms with van der Waals surface area (Å²) >= 11 is 0. The molecule has 1 aliphatic heterocycles. The molecule has 1 aliphatic carbocycles. The first-order valence-corrected chi connectivity index (χ1v) is 8.29. The van der Waals surface area contributed by atoms with Gasteiger partial charge in [0.25, 0.3) is 5.91 Å². The van der Waals surface area contributed by atoms with E-state index in [0.29, 0.717) is 25.3 Å². The van der Waals surface area contributed by atoms with Crippen LogP contribution in [0.5, 0.6) is 0 Å². The number of Topliss-reactive ketones (excluding diaryl/α,β-unsaturated/α-hetero) is 1. The van der Waals surface area contributed by atoms with Gasteiger partial charge in [-0.25, -0.2) is 0 Å². The van der Waals surface area contributed by atoms with Crippen molar-refractivity contribution in [1.82, 2.24) is 10.3 Å². The molecule has 2 heterocycles. The van der Waals surface area contributed by atoms with Crippen molar-refractivity contribution in [2.75, 3.05) is 13.2 Å². The molecular weight excluding hydrogens is 292 g/mol. The molecule has 0 aromatic carbocycles. The van der Waals surface area contributed by atoms with Crippen LogP contribution in [0.15, 0.2) is 12.2 Å². The predicted octanol–water partition coefficient (Wildman–Crippen LogP) is 2.55. The van der Waals surface area contributed by atoms with E-state index in [1.165, 1.54) is 0 Å². The Morgan fingerprint density at radius 3 is 2.91 bits per heavy atom. The van der Waals surface area contributed by atoms with Crippen molar-refractivity contribution in [3.05, 3.63) is 34.7 Å². The van der Waals surface area contributed by atoms with Gasteiger partial charge in [-0.1, -0.05) is 12.2 Å². The van der Waals surface area contributed by atoms with Gasteiger partial charge in [-0.2, -0.15) is 0 Å². The quantitative estimate of drug-likeness (QED) is 0.839. The van der Waals surface area contributed by atoms with E-state index in [9.17, 15) is 9.59 Å². The molecule has 3 rings (SSSR count). The lowest BCUT2D eigenvalue weighted by atomic mass is 9.93. The van der Waals surface area contributed by atoms with Crippen LogP contribution in [0.2, 0.25) is 0 Å². The third kappa shape index (κ3) is 2.98. The maximum Gasteiger partial charge on any atom is 0.268 e. The zero-order valence-electron chi connectivity index (χ0n) is 13.8. The first-order valence-electron chi connectivity index (χ1n) is 8.29. The number of carbonyl (C=O) groups excluding carboxylic acids is 2. The molecule has 1 amide bonds. The summed E-state index contributed by atoms with van der Waals surface area (Å²) in [5, 5.41) is 2.99. The lowest BCUT2D eigenvalue weighted by Gasteiger charge is -2.18. The van der Waals surface area contributed by atoms with Gasteiger partial charge < -0.3 is 15.0 Å². The number of amides is 1. The topological polar surface area (TPSA) is 71.2 Å². The summed E-state index contributed by atoms with van der Waals surface area (Å²) in [6, 6.07) is 0. The van der Waals surface area contributed by atoms with Gasteiger partial charge in [0.2, 0.25) is 0 Å². The van der Waals surface area contributed by atoms with E-state index in [2.05, 4.69) is 16.9 Å². The summed E-state index contributed by atoms with van der Waals surface area (Å²) in [6.07, 6.45) is 3.22. The normalized spacial score (nSPS) is 23.7. The van der Waals surface area contributed by atoms with Gasteiger partial charge in [0.1, 0.15) is 5.69 Å². The molecule has 2 aliphatic rings. The monoisotopic (exact) mass is 316 g/mol. The molecule has 2 atom stereocenters. The molecule has 23 heavy (non-hydrogen) atoms. The van der Waals surface area contributed by atoms with E-state index >= 15 is 0 Å². The second-order valence-corrected chi connectivity index (χ2v) is 6.65. The first-order chi connectivity index (χ1) is 11.0. The van der Waals surface area contributed by atoms with E-state index in [4.69, 9.17) is 4.74 Å². The molecule has 0 spiro atoms. The zero-order chi connectivity index (χ0) is 16.6. The van der Waals surface area contributed by atoms with Crippen LogP contribution in [0.3, 0.4) is 0 Å². The smallest absolute Gasteiger partial charge is 0.268 e. The fraction of sp³-hybridized carbons (Fsp3) is 0.556. The summed E-state index contributed by atoms with van der Waals surface area (Å²) in [5.41, 5.74) is 3.94. The van der Waals surface area contributed by atoms with Crippen molar-refractivity contribution < 1.29 is 14.3 Å². The average molecular weight is 316 g/mol. The summed E-state index contributed by atoms with van der Waals surface area (Å²) in [6.45, 7) is 9.04. The van der Waals surface area contributed by atoms with Gasteiger partial charge in [0.05, 0.1) is 6.10 Å². The Bertz CT molecular complexity index is 659. The van der Waals surface area contributed by atoms with E-state index < -0.39 is 0 Å². The Morgan fingerprint density at radius 2 is 2.22 bits per heavy atom. The molecule has 0 saturated carbocycles. The van der Waals surface area contributed by atoms with Gasteiger partial charge in [0, 0.05) is 36.7 Å².